The van der Waals surface area contributed by atoms with Crippen LogP contribution in [-0.4, -0.2) is 19.0 Å². The first-order valence-electron chi connectivity index (χ1n) is 5.80. The Bertz CT molecular complexity index is 567. The molecule has 0 aromatic heterocycles. The van der Waals surface area contributed by atoms with Gasteiger partial charge in [0.25, 0.3) is 0 Å². The summed E-state index contributed by atoms with van der Waals surface area (Å²) in [6.07, 6.45) is 3.44. The van der Waals surface area contributed by atoms with Crippen LogP contribution >= 0.6 is 0 Å². The maximum absolute atomic E-state index is 8.89. The Balaban J connectivity index is 2.92. The summed E-state index contributed by atoms with van der Waals surface area (Å²) in [4.78, 5) is 1.73. The van der Waals surface area contributed by atoms with Crippen molar-refractivity contribution in [2.24, 2.45) is 0 Å². The number of rotatable bonds is 4. The third-order valence-electron chi connectivity index (χ3n) is 2.59. The molecular weight excluding hydrogens is 236 g/mol. The Kier molecular flexibility index (Phi) is 5.19. The first-order valence-corrected chi connectivity index (χ1v) is 5.80. The average molecular weight is 252 g/mol. The van der Waals surface area contributed by atoms with E-state index in [1.54, 1.807) is 31.3 Å². The topological polar surface area (TPSA) is 62.9 Å². The van der Waals surface area contributed by atoms with Crippen molar-refractivity contribution in [3.05, 3.63) is 53.4 Å². The van der Waals surface area contributed by atoms with E-state index in [0.717, 1.165) is 11.3 Å². The van der Waals surface area contributed by atoms with Crippen LogP contribution in [0.3, 0.4) is 0 Å². The number of allylic oxidation sites excluding steroid dienone is 2. The van der Waals surface area contributed by atoms with E-state index in [4.69, 9.17) is 10.5 Å². The highest BCUT2D eigenvalue weighted by Crippen LogP contribution is 2.14. The molecule has 0 atom stereocenters. The van der Waals surface area contributed by atoms with Gasteiger partial charge < -0.3 is 10.2 Å². The molecule has 1 rings (SSSR count). The molecule has 1 aromatic carbocycles. The molecule has 0 aliphatic heterocycles. The maximum Gasteiger partial charge on any atom is 0.152 e. The van der Waals surface area contributed by atoms with E-state index >= 15 is 0 Å². The van der Waals surface area contributed by atoms with Crippen LogP contribution in [-0.2, 0) is 0 Å². The van der Waals surface area contributed by atoms with Crippen molar-refractivity contribution in [1.82, 2.24) is 4.90 Å². The molecule has 4 nitrogen and oxygen atoms in total. The number of aryl methyl sites for hydroxylation is 1. The van der Waals surface area contributed by atoms with Crippen LogP contribution in [0.25, 0.3) is 0 Å². The lowest BCUT2D eigenvalue weighted by atomic mass is 10.2. The van der Waals surface area contributed by atoms with E-state index in [2.05, 4.69) is 5.32 Å². The van der Waals surface area contributed by atoms with E-state index in [1.807, 2.05) is 43.3 Å². The first kappa shape index (κ1) is 14.3. The lowest BCUT2D eigenvalue weighted by Crippen LogP contribution is -2.11. The van der Waals surface area contributed by atoms with Gasteiger partial charge in [0.1, 0.15) is 12.1 Å². The lowest BCUT2D eigenvalue weighted by molar-refractivity contribution is 0.527. The molecule has 0 amide bonds. The zero-order valence-electron chi connectivity index (χ0n) is 11.3. The van der Waals surface area contributed by atoms with Crippen LogP contribution in [0.5, 0.6) is 0 Å². The van der Waals surface area contributed by atoms with Gasteiger partial charge in [-0.25, -0.2) is 0 Å². The largest absolute Gasteiger partial charge is 0.376 e. The second-order valence-corrected chi connectivity index (χ2v) is 4.17. The average Bonchev–Trinajstić information content (AvgIpc) is 2.40. The second kappa shape index (κ2) is 6.88. The Morgan fingerprint density at radius 1 is 1.21 bits per heavy atom. The van der Waals surface area contributed by atoms with Crippen LogP contribution in [0.15, 0.2) is 47.8 Å². The quantitative estimate of drug-likeness (QED) is 0.661. The lowest BCUT2D eigenvalue weighted by Gasteiger charge is -2.13. The summed E-state index contributed by atoms with van der Waals surface area (Å²) in [6, 6.07) is 11.7. The van der Waals surface area contributed by atoms with Gasteiger partial charge in [0.15, 0.2) is 5.57 Å². The smallest absolute Gasteiger partial charge is 0.152 e. The SMILES string of the molecule is Cc1ccccc1N/C=C/C(=C(C#N)C#N)N(C)C. The summed E-state index contributed by atoms with van der Waals surface area (Å²) in [5.41, 5.74) is 2.79. The Labute approximate surface area is 113 Å². The zero-order valence-corrected chi connectivity index (χ0v) is 11.3. The minimum absolute atomic E-state index is 0.0906. The molecule has 1 aromatic rings. The molecule has 4 heteroatoms. The van der Waals surface area contributed by atoms with Gasteiger partial charge in [-0.1, -0.05) is 18.2 Å². The predicted molar refractivity (Wildman–Crippen MR) is 75.9 cm³/mol. The van der Waals surface area contributed by atoms with E-state index in [1.165, 1.54) is 0 Å². The number of hydrogen-bond donors (Lipinski definition) is 1. The van der Waals surface area contributed by atoms with Crippen LogP contribution in [0.2, 0.25) is 0 Å². The van der Waals surface area contributed by atoms with Crippen molar-refractivity contribution in [2.45, 2.75) is 6.92 Å². The molecule has 0 radical (unpaired) electrons. The van der Waals surface area contributed by atoms with Crippen molar-refractivity contribution in [2.75, 3.05) is 19.4 Å². The first-order chi connectivity index (χ1) is 9.10. The minimum Gasteiger partial charge on any atom is -0.376 e. The fourth-order valence-electron chi connectivity index (χ4n) is 1.54. The number of nitriles is 2. The van der Waals surface area contributed by atoms with Crippen molar-refractivity contribution < 1.29 is 0 Å². The van der Waals surface area contributed by atoms with Gasteiger partial charge in [0, 0.05) is 26.0 Å². The molecule has 96 valence electrons. The highest BCUT2D eigenvalue weighted by atomic mass is 15.1. The van der Waals surface area contributed by atoms with Crippen molar-refractivity contribution in [1.29, 1.82) is 10.5 Å². The normalized spacial score (nSPS) is 9.53. The highest BCUT2D eigenvalue weighted by Gasteiger charge is 2.04. The number of anilines is 1. The fraction of sp³-hybridized carbons (Fsp3) is 0.200. The molecule has 0 spiro atoms. The molecule has 19 heavy (non-hydrogen) atoms. The molecule has 0 aliphatic carbocycles. The zero-order chi connectivity index (χ0) is 14.3. The van der Waals surface area contributed by atoms with E-state index in [0.29, 0.717) is 5.70 Å². The van der Waals surface area contributed by atoms with E-state index < -0.39 is 0 Å². The highest BCUT2D eigenvalue weighted by molar-refractivity contribution is 5.53. The standard InChI is InChI=1S/C15H16N4/c1-12-6-4-5-7-14(12)18-9-8-15(19(2)3)13(10-16)11-17/h4-9,18H,1-3H3/b9-8+. The van der Waals surface area contributed by atoms with Gasteiger partial charge in [-0.3, -0.25) is 0 Å². The molecular formula is C15H16N4. The third kappa shape index (κ3) is 3.90. The maximum atomic E-state index is 8.89. The van der Waals surface area contributed by atoms with Crippen LogP contribution in [0, 0.1) is 29.6 Å². The molecule has 0 unspecified atom stereocenters. The number of para-hydroxylation sites is 1. The Hall–Kier alpha value is -2.72. The number of hydrogen-bond acceptors (Lipinski definition) is 4. The second-order valence-electron chi connectivity index (χ2n) is 4.17. The molecule has 0 aliphatic rings. The van der Waals surface area contributed by atoms with Gasteiger partial charge >= 0.3 is 0 Å². The third-order valence-corrected chi connectivity index (χ3v) is 2.59. The van der Waals surface area contributed by atoms with E-state index in [9.17, 15) is 0 Å². The summed E-state index contributed by atoms with van der Waals surface area (Å²) in [7, 11) is 3.59. The monoisotopic (exact) mass is 252 g/mol. The molecule has 0 fully saturated rings. The molecule has 0 heterocycles. The molecule has 0 saturated heterocycles. The van der Waals surface area contributed by atoms with Crippen LogP contribution < -0.4 is 5.32 Å². The summed E-state index contributed by atoms with van der Waals surface area (Å²) in [6.45, 7) is 2.01. The summed E-state index contributed by atoms with van der Waals surface area (Å²) in [5, 5.41) is 20.9. The van der Waals surface area contributed by atoms with Crippen LogP contribution in [0.4, 0.5) is 5.69 Å². The van der Waals surface area contributed by atoms with Crippen molar-refractivity contribution in [3.63, 3.8) is 0 Å². The summed E-state index contributed by atoms with van der Waals surface area (Å²) in [5.74, 6) is 0. The van der Waals surface area contributed by atoms with Gasteiger partial charge in [-0.2, -0.15) is 10.5 Å². The Morgan fingerprint density at radius 3 is 2.37 bits per heavy atom. The minimum atomic E-state index is 0.0906. The molecule has 0 bridgehead atoms. The summed E-state index contributed by atoms with van der Waals surface area (Å²) < 4.78 is 0. The van der Waals surface area contributed by atoms with Crippen molar-refractivity contribution in [3.8, 4) is 12.1 Å². The Morgan fingerprint density at radius 2 is 1.84 bits per heavy atom. The predicted octanol–water partition coefficient (Wildman–Crippen LogP) is 2.78. The van der Waals surface area contributed by atoms with Gasteiger partial charge in [0.05, 0.1) is 5.70 Å². The number of likely N-dealkylation sites (N-methyl/N-ethyl adjacent to an activating group) is 1. The number of benzene rings is 1. The number of nitrogens with zero attached hydrogens (tertiary/aromatic N) is 3. The van der Waals surface area contributed by atoms with E-state index in [-0.39, 0.29) is 5.57 Å². The molecule has 1 N–H and O–H groups in total. The van der Waals surface area contributed by atoms with Crippen LogP contribution in [0.1, 0.15) is 5.56 Å². The molecule has 0 saturated carbocycles. The van der Waals surface area contributed by atoms with Crippen molar-refractivity contribution >= 4 is 5.69 Å². The van der Waals surface area contributed by atoms with Gasteiger partial charge in [-0.05, 0) is 24.6 Å². The summed E-state index contributed by atoms with van der Waals surface area (Å²) >= 11 is 0. The fourth-order valence-corrected chi connectivity index (χ4v) is 1.54. The van der Waals surface area contributed by atoms with Gasteiger partial charge in [0.2, 0.25) is 0 Å². The number of nitrogens with one attached hydrogen (secondary N) is 1. The van der Waals surface area contributed by atoms with Gasteiger partial charge in [-0.15, -0.1) is 0 Å².